The molecular weight excluding hydrogens is 238 g/mol. The van der Waals surface area contributed by atoms with Crippen molar-refractivity contribution in [2.45, 2.75) is 45.6 Å². The number of amides is 1. The molecule has 19 heavy (non-hydrogen) atoms. The second kappa shape index (κ2) is 6.55. The molecule has 1 aliphatic heterocycles. The summed E-state index contributed by atoms with van der Waals surface area (Å²) in [5.41, 5.74) is 0. The van der Waals surface area contributed by atoms with E-state index in [-0.39, 0.29) is 5.91 Å². The zero-order valence-corrected chi connectivity index (χ0v) is 11.9. The molecule has 1 unspecified atom stereocenters. The highest BCUT2D eigenvalue weighted by Crippen LogP contribution is 2.26. The maximum absolute atomic E-state index is 12.1. The quantitative estimate of drug-likeness (QED) is 0.781. The van der Waals surface area contributed by atoms with Crippen molar-refractivity contribution in [1.82, 2.24) is 14.5 Å². The van der Waals surface area contributed by atoms with Gasteiger partial charge in [0.1, 0.15) is 5.82 Å². The SMILES string of the molecule is C/C=C/CC(=O)N1CCCC(c2nccn2CC)C1. The zero-order chi connectivity index (χ0) is 13.7. The topological polar surface area (TPSA) is 38.1 Å². The molecule has 0 bridgehead atoms. The van der Waals surface area contributed by atoms with Crippen LogP contribution in [0.1, 0.15) is 44.9 Å². The highest BCUT2D eigenvalue weighted by Gasteiger charge is 2.26. The second-order valence-electron chi connectivity index (χ2n) is 5.02. The third kappa shape index (κ3) is 3.25. The molecule has 0 saturated carbocycles. The number of likely N-dealkylation sites (tertiary alicyclic amines) is 1. The first-order valence-electron chi connectivity index (χ1n) is 7.16. The van der Waals surface area contributed by atoms with Crippen LogP contribution in [0.2, 0.25) is 0 Å². The highest BCUT2D eigenvalue weighted by molar-refractivity contribution is 5.77. The Morgan fingerprint density at radius 3 is 3.16 bits per heavy atom. The molecule has 4 heteroatoms. The molecule has 1 aromatic heterocycles. The van der Waals surface area contributed by atoms with Crippen molar-refractivity contribution in [2.24, 2.45) is 0 Å². The number of allylic oxidation sites excluding steroid dienone is 1. The van der Waals surface area contributed by atoms with Crippen LogP contribution in [0, 0.1) is 0 Å². The number of carbonyl (C=O) groups excluding carboxylic acids is 1. The van der Waals surface area contributed by atoms with E-state index in [1.807, 2.05) is 36.4 Å². The third-order valence-electron chi connectivity index (χ3n) is 3.76. The van der Waals surface area contributed by atoms with E-state index in [1.54, 1.807) is 0 Å². The average molecular weight is 261 g/mol. The molecule has 1 saturated heterocycles. The van der Waals surface area contributed by atoms with Crippen LogP contribution in [0.3, 0.4) is 0 Å². The van der Waals surface area contributed by atoms with E-state index in [1.165, 1.54) is 0 Å². The molecule has 0 aromatic carbocycles. The number of hydrogen-bond acceptors (Lipinski definition) is 2. The molecule has 1 atom stereocenters. The largest absolute Gasteiger partial charge is 0.342 e. The van der Waals surface area contributed by atoms with Crippen LogP contribution in [0.25, 0.3) is 0 Å². The lowest BCUT2D eigenvalue weighted by atomic mass is 9.97. The van der Waals surface area contributed by atoms with Crippen molar-refractivity contribution >= 4 is 5.91 Å². The van der Waals surface area contributed by atoms with E-state index < -0.39 is 0 Å². The van der Waals surface area contributed by atoms with Crippen LogP contribution in [-0.4, -0.2) is 33.4 Å². The average Bonchev–Trinajstić information content (AvgIpc) is 2.93. The fourth-order valence-electron chi connectivity index (χ4n) is 2.71. The van der Waals surface area contributed by atoms with Gasteiger partial charge in [-0.2, -0.15) is 0 Å². The van der Waals surface area contributed by atoms with E-state index in [0.29, 0.717) is 12.3 Å². The van der Waals surface area contributed by atoms with Gasteiger partial charge in [0.15, 0.2) is 0 Å². The predicted octanol–water partition coefficient (Wildman–Crippen LogP) is 2.58. The van der Waals surface area contributed by atoms with Gasteiger partial charge in [0.25, 0.3) is 0 Å². The van der Waals surface area contributed by atoms with Crippen LogP contribution in [0.5, 0.6) is 0 Å². The Hall–Kier alpha value is -1.58. The molecule has 1 amide bonds. The molecule has 104 valence electrons. The molecule has 0 radical (unpaired) electrons. The minimum Gasteiger partial charge on any atom is -0.342 e. The molecule has 1 fully saturated rings. The van der Waals surface area contributed by atoms with E-state index in [4.69, 9.17) is 0 Å². The Kier molecular flexibility index (Phi) is 4.77. The van der Waals surface area contributed by atoms with E-state index in [9.17, 15) is 4.79 Å². The molecule has 2 rings (SSSR count). The molecular formula is C15H23N3O. The zero-order valence-electron chi connectivity index (χ0n) is 11.9. The summed E-state index contributed by atoms with van der Waals surface area (Å²) in [6, 6.07) is 0. The summed E-state index contributed by atoms with van der Waals surface area (Å²) in [4.78, 5) is 18.5. The molecule has 0 aliphatic carbocycles. The van der Waals surface area contributed by atoms with Gasteiger partial charge in [0.2, 0.25) is 5.91 Å². The lowest BCUT2D eigenvalue weighted by molar-refractivity contribution is -0.131. The molecule has 2 heterocycles. The standard InChI is InChI=1S/C15H23N3O/c1-3-5-8-14(19)18-10-6-7-13(12-18)15-16-9-11-17(15)4-2/h3,5,9,11,13H,4,6-8,10,12H2,1-2H3/b5-3+. The second-order valence-corrected chi connectivity index (χ2v) is 5.02. The fourth-order valence-corrected chi connectivity index (χ4v) is 2.71. The van der Waals surface area contributed by atoms with Crippen LogP contribution in [0.4, 0.5) is 0 Å². The summed E-state index contributed by atoms with van der Waals surface area (Å²) in [6.07, 6.45) is 10.5. The number of aryl methyl sites for hydroxylation is 1. The van der Waals surface area contributed by atoms with E-state index in [0.717, 1.165) is 38.3 Å². The highest BCUT2D eigenvalue weighted by atomic mass is 16.2. The van der Waals surface area contributed by atoms with Crippen LogP contribution in [0.15, 0.2) is 24.5 Å². The van der Waals surface area contributed by atoms with Crippen molar-refractivity contribution in [1.29, 1.82) is 0 Å². The normalized spacial score (nSPS) is 20.1. The Morgan fingerprint density at radius 1 is 1.58 bits per heavy atom. The minimum atomic E-state index is 0.234. The summed E-state index contributed by atoms with van der Waals surface area (Å²) in [5.74, 6) is 1.75. The van der Waals surface area contributed by atoms with Gasteiger partial charge in [-0.3, -0.25) is 4.79 Å². The first-order valence-corrected chi connectivity index (χ1v) is 7.16. The predicted molar refractivity (Wildman–Crippen MR) is 75.9 cm³/mol. The number of nitrogens with zero attached hydrogens (tertiary/aromatic N) is 3. The Morgan fingerprint density at radius 2 is 2.42 bits per heavy atom. The van der Waals surface area contributed by atoms with Gasteiger partial charge in [0, 0.05) is 44.4 Å². The van der Waals surface area contributed by atoms with Gasteiger partial charge in [-0.25, -0.2) is 4.98 Å². The summed E-state index contributed by atoms with van der Waals surface area (Å²) in [6.45, 7) is 6.72. The molecule has 4 nitrogen and oxygen atoms in total. The number of aromatic nitrogens is 2. The lowest BCUT2D eigenvalue weighted by Gasteiger charge is -2.32. The minimum absolute atomic E-state index is 0.234. The Balaban J connectivity index is 2.03. The maximum Gasteiger partial charge on any atom is 0.226 e. The van der Waals surface area contributed by atoms with Crippen molar-refractivity contribution in [2.75, 3.05) is 13.1 Å². The van der Waals surface area contributed by atoms with Gasteiger partial charge < -0.3 is 9.47 Å². The number of hydrogen-bond donors (Lipinski definition) is 0. The van der Waals surface area contributed by atoms with Crippen molar-refractivity contribution in [3.05, 3.63) is 30.4 Å². The fraction of sp³-hybridized carbons (Fsp3) is 0.600. The monoisotopic (exact) mass is 261 g/mol. The third-order valence-corrected chi connectivity index (χ3v) is 3.76. The van der Waals surface area contributed by atoms with Crippen LogP contribution < -0.4 is 0 Å². The van der Waals surface area contributed by atoms with Gasteiger partial charge in [-0.15, -0.1) is 0 Å². The molecule has 1 aromatic rings. The lowest BCUT2D eigenvalue weighted by Crippen LogP contribution is -2.39. The summed E-state index contributed by atoms with van der Waals surface area (Å²) >= 11 is 0. The summed E-state index contributed by atoms with van der Waals surface area (Å²) in [5, 5.41) is 0. The number of carbonyl (C=O) groups is 1. The van der Waals surface area contributed by atoms with Crippen molar-refractivity contribution in [3.63, 3.8) is 0 Å². The summed E-state index contributed by atoms with van der Waals surface area (Å²) < 4.78 is 2.19. The number of piperidine rings is 1. The van der Waals surface area contributed by atoms with Crippen molar-refractivity contribution < 1.29 is 4.79 Å². The summed E-state index contributed by atoms with van der Waals surface area (Å²) in [7, 11) is 0. The van der Waals surface area contributed by atoms with Gasteiger partial charge in [-0.1, -0.05) is 12.2 Å². The Bertz CT molecular complexity index is 450. The van der Waals surface area contributed by atoms with Gasteiger partial charge >= 0.3 is 0 Å². The number of rotatable bonds is 4. The van der Waals surface area contributed by atoms with Crippen LogP contribution >= 0.6 is 0 Å². The Labute approximate surface area is 115 Å². The van der Waals surface area contributed by atoms with Crippen LogP contribution in [-0.2, 0) is 11.3 Å². The smallest absolute Gasteiger partial charge is 0.226 e. The first-order chi connectivity index (χ1) is 9.26. The molecule has 1 aliphatic rings. The van der Waals surface area contributed by atoms with E-state index >= 15 is 0 Å². The van der Waals surface area contributed by atoms with Gasteiger partial charge in [0.05, 0.1) is 0 Å². The molecule has 0 spiro atoms. The molecule has 0 N–H and O–H groups in total. The first kappa shape index (κ1) is 13.8. The van der Waals surface area contributed by atoms with Gasteiger partial charge in [-0.05, 0) is 26.7 Å². The number of imidazole rings is 1. The van der Waals surface area contributed by atoms with Crippen molar-refractivity contribution in [3.8, 4) is 0 Å². The van der Waals surface area contributed by atoms with E-state index in [2.05, 4.69) is 16.5 Å². The maximum atomic E-state index is 12.1.